The lowest BCUT2D eigenvalue weighted by molar-refractivity contribution is -0.126. The van der Waals surface area contributed by atoms with Crippen molar-refractivity contribution >= 4 is 51.4 Å². The molecule has 7 heteroatoms. The lowest BCUT2D eigenvalue weighted by Crippen LogP contribution is -2.42. The Morgan fingerprint density at radius 1 is 1.09 bits per heavy atom. The van der Waals surface area contributed by atoms with Gasteiger partial charge in [0.15, 0.2) is 6.10 Å². The van der Waals surface area contributed by atoms with Crippen LogP contribution in [0, 0.1) is 0 Å². The first kappa shape index (κ1) is 21.6. The van der Waals surface area contributed by atoms with Crippen LogP contribution in [0.3, 0.4) is 0 Å². The maximum Gasteiger partial charge on any atom is 0.339 e. The van der Waals surface area contributed by atoms with Gasteiger partial charge in [0.05, 0.1) is 26.0 Å². The normalized spacial score (nSPS) is 14.1. The van der Waals surface area contributed by atoms with Gasteiger partial charge in [0, 0.05) is 17.6 Å². The summed E-state index contributed by atoms with van der Waals surface area (Å²) in [5, 5.41) is 0.678. The summed E-state index contributed by atoms with van der Waals surface area (Å²) in [7, 11) is 0. The molecule has 0 N–H and O–H groups in total. The van der Waals surface area contributed by atoms with E-state index in [-0.39, 0.29) is 5.91 Å². The average Bonchev–Trinajstić information content (AvgIpc) is 3.28. The molecule has 1 atom stereocenters. The minimum absolute atomic E-state index is 0.223. The highest BCUT2D eigenvalue weighted by atomic mass is 35.5. The number of anilines is 1. The zero-order chi connectivity index (χ0) is 22.9. The lowest BCUT2D eigenvalue weighted by Gasteiger charge is -2.31. The van der Waals surface area contributed by atoms with Crippen molar-refractivity contribution in [3.05, 3.63) is 82.2 Å². The highest BCUT2D eigenvalue weighted by Gasteiger charge is 2.29. The molecule has 0 saturated heterocycles. The highest BCUT2D eigenvalue weighted by Crippen LogP contribution is 2.33. The number of thiophene rings is 1. The van der Waals surface area contributed by atoms with Crippen molar-refractivity contribution < 1.29 is 14.3 Å². The zero-order valence-corrected chi connectivity index (χ0v) is 19.5. The van der Waals surface area contributed by atoms with Crippen LogP contribution in [0.15, 0.2) is 66.7 Å². The second kappa shape index (κ2) is 8.96. The third-order valence-electron chi connectivity index (χ3n) is 5.77. The van der Waals surface area contributed by atoms with Gasteiger partial charge in [-0.2, -0.15) is 0 Å². The van der Waals surface area contributed by atoms with Crippen LogP contribution in [0.2, 0.25) is 4.34 Å². The van der Waals surface area contributed by atoms with Gasteiger partial charge in [-0.05, 0) is 55.7 Å². The average molecular weight is 477 g/mol. The summed E-state index contributed by atoms with van der Waals surface area (Å²) in [5.74, 6) is -0.775. The van der Waals surface area contributed by atoms with Crippen LogP contribution in [0.4, 0.5) is 5.69 Å². The Bertz CT molecular complexity index is 1370. The predicted octanol–water partition coefficient (Wildman–Crippen LogP) is 6.14. The maximum absolute atomic E-state index is 13.2. The number of esters is 1. The summed E-state index contributed by atoms with van der Waals surface area (Å²) >= 11 is 7.49. The molecule has 3 heterocycles. The van der Waals surface area contributed by atoms with E-state index in [9.17, 15) is 9.59 Å². The van der Waals surface area contributed by atoms with Gasteiger partial charge >= 0.3 is 5.97 Å². The van der Waals surface area contributed by atoms with Gasteiger partial charge in [0.2, 0.25) is 0 Å². The van der Waals surface area contributed by atoms with Crippen molar-refractivity contribution in [1.29, 1.82) is 0 Å². The number of hydrogen-bond acceptors (Lipinski definition) is 5. The third kappa shape index (κ3) is 4.24. The number of carbonyl (C=O) groups is 2. The minimum Gasteiger partial charge on any atom is -0.449 e. The number of aryl methyl sites for hydroxylation is 1. The largest absolute Gasteiger partial charge is 0.449 e. The molecule has 33 heavy (non-hydrogen) atoms. The van der Waals surface area contributed by atoms with Gasteiger partial charge in [-0.1, -0.05) is 48.0 Å². The molecule has 2 aromatic carbocycles. The molecule has 0 radical (unpaired) electrons. The molecule has 166 valence electrons. The molecule has 0 bridgehead atoms. The van der Waals surface area contributed by atoms with Crippen LogP contribution in [0.25, 0.3) is 21.5 Å². The molecule has 5 rings (SSSR count). The van der Waals surface area contributed by atoms with E-state index in [2.05, 4.69) is 4.98 Å². The molecule has 1 amide bonds. The van der Waals surface area contributed by atoms with Crippen LogP contribution >= 0.6 is 22.9 Å². The predicted molar refractivity (Wildman–Crippen MR) is 132 cm³/mol. The van der Waals surface area contributed by atoms with E-state index in [0.717, 1.165) is 29.0 Å². The fraction of sp³-hybridized carbons (Fsp3) is 0.192. The molecule has 0 spiro atoms. The van der Waals surface area contributed by atoms with E-state index >= 15 is 0 Å². The molecule has 0 aliphatic carbocycles. The second-order valence-electron chi connectivity index (χ2n) is 7.95. The number of ether oxygens (including phenoxy) is 1. The van der Waals surface area contributed by atoms with Gasteiger partial charge in [-0.3, -0.25) is 4.79 Å². The van der Waals surface area contributed by atoms with E-state index < -0.39 is 12.1 Å². The van der Waals surface area contributed by atoms with Crippen molar-refractivity contribution in [2.45, 2.75) is 25.9 Å². The van der Waals surface area contributed by atoms with Crippen molar-refractivity contribution in [1.82, 2.24) is 4.98 Å². The Hall–Kier alpha value is -3.22. The number of hydrogen-bond donors (Lipinski definition) is 0. The monoisotopic (exact) mass is 476 g/mol. The van der Waals surface area contributed by atoms with Gasteiger partial charge < -0.3 is 9.64 Å². The topological polar surface area (TPSA) is 59.5 Å². The molecule has 0 fully saturated rings. The van der Waals surface area contributed by atoms with Crippen LogP contribution in [-0.2, 0) is 16.0 Å². The van der Waals surface area contributed by atoms with E-state index in [0.29, 0.717) is 33.0 Å². The highest BCUT2D eigenvalue weighted by molar-refractivity contribution is 7.19. The Morgan fingerprint density at radius 2 is 1.88 bits per heavy atom. The molecular formula is C26H21ClN2O3S. The number of para-hydroxylation sites is 2. The summed E-state index contributed by atoms with van der Waals surface area (Å²) in [6.45, 7) is 2.24. The zero-order valence-electron chi connectivity index (χ0n) is 18.0. The standard InChI is InChI=1S/C26H21ClN2O3S/c1-16(25(30)29-14-6-8-17-7-2-5-11-22(17)29)32-26(31)19-15-21(23-12-13-24(27)33-23)28-20-10-4-3-9-18(19)20/h2-5,7,9-13,15-16H,6,8,14H2,1H3/t16-/m0/s1. The molecule has 0 saturated carbocycles. The van der Waals surface area contributed by atoms with Crippen molar-refractivity contribution in [2.75, 3.05) is 11.4 Å². The Labute approximate surface area is 200 Å². The fourth-order valence-corrected chi connectivity index (χ4v) is 5.18. The molecule has 4 aromatic rings. The molecule has 0 unspecified atom stereocenters. The first-order valence-corrected chi connectivity index (χ1v) is 12.0. The van der Waals surface area contributed by atoms with Crippen LogP contribution in [0.5, 0.6) is 0 Å². The van der Waals surface area contributed by atoms with Crippen LogP contribution < -0.4 is 4.90 Å². The molecule has 1 aliphatic rings. The molecule has 1 aliphatic heterocycles. The number of nitrogens with zero attached hydrogens (tertiary/aromatic N) is 2. The summed E-state index contributed by atoms with van der Waals surface area (Å²) in [5.41, 5.74) is 3.72. The van der Waals surface area contributed by atoms with Gasteiger partial charge in [0.1, 0.15) is 0 Å². The summed E-state index contributed by atoms with van der Waals surface area (Å²) in [6, 6.07) is 20.7. The fourth-order valence-electron chi connectivity index (χ4n) is 4.18. The Kier molecular flexibility index (Phi) is 5.87. The van der Waals surface area contributed by atoms with Crippen LogP contribution in [-0.4, -0.2) is 29.5 Å². The molecule has 2 aromatic heterocycles. The Morgan fingerprint density at radius 3 is 2.70 bits per heavy atom. The smallest absolute Gasteiger partial charge is 0.339 e. The van der Waals surface area contributed by atoms with E-state index in [1.807, 2.05) is 54.6 Å². The van der Waals surface area contributed by atoms with Crippen molar-refractivity contribution in [3.8, 4) is 10.6 Å². The molecule has 5 nitrogen and oxygen atoms in total. The number of carbonyl (C=O) groups excluding carboxylic acids is 2. The number of halogens is 1. The first-order valence-electron chi connectivity index (χ1n) is 10.8. The first-order chi connectivity index (χ1) is 16.0. The molecular weight excluding hydrogens is 456 g/mol. The quantitative estimate of drug-likeness (QED) is 0.332. The minimum atomic E-state index is -0.921. The third-order valence-corrected chi connectivity index (χ3v) is 7.02. The Balaban J connectivity index is 1.44. The maximum atomic E-state index is 13.2. The van der Waals surface area contributed by atoms with Gasteiger partial charge in [0.25, 0.3) is 5.91 Å². The number of rotatable bonds is 4. The lowest BCUT2D eigenvalue weighted by atomic mass is 10.0. The van der Waals surface area contributed by atoms with E-state index in [1.165, 1.54) is 11.3 Å². The van der Waals surface area contributed by atoms with Crippen molar-refractivity contribution in [3.63, 3.8) is 0 Å². The number of fused-ring (bicyclic) bond motifs is 2. The summed E-state index contributed by atoms with van der Waals surface area (Å²) in [4.78, 5) is 33.7. The van der Waals surface area contributed by atoms with Gasteiger partial charge in [-0.15, -0.1) is 11.3 Å². The number of pyridine rings is 1. The number of amides is 1. The number of aromatic nitrogens is 1. The van der Waals surface area contributed by atoms with E-state index in [4.69, 9.17) is 16.3 Å². The van der Waals surface area contributed by atoms with Crippen molar-refractivity contribution in [2.24, 2.45) is 0 Å². The number of benzene rings is 2. The van der Waals surface area contributed by atoms with Crippen LogP contribution in [0.1, 0.15) is 29.3 Å². The SMILES string of the molecule is C[C@H](OC(=O)c1cc(-c2ccc(Cl)s2)nc2ccccc12)C(=O)N1CCCc2ccccc21. The van der Waals surface area contributed by atoms with Gasteiger partial charge in [-0.25, -0.2) is 9.78 Å². The summed E-state index contributed by atoms with van der Waals surface area (Å²) < 4.78 is 6.33. The second-order valence-corrected chi connectivity index (χ2v) is 9.66. The van der Waals surface area contributed by atoms with E-state index in [1.54, 1.807) is 24.0 Å². The summed E-state index contributed by atoms with van der Waals surface area (Å²) in [6.07, 6.45) is 0.896.